The summed E-state index contributed by atoms with van der Waals surface area (Å²) < 4.78 is 28.4. The van der Waals surface area contributed by atoms with Crippen LogP contribution in [-0.4, -0.2) is 68.7 Å². The van der Waals surface area contributed by atoms with Crippen LogP contribution >= 0.6 is 0 Å². The zero-order valence-corrected chi connectivity index (χ0v) is 21.3. The first-order chi connectivity index (χ1) is 14.5. The zero-order chi connectivity index (χ0) is 22.3. The minimum atomic E-state index is -3.36. The summed E-state index contributed by atoms with van der Waals surface area (Å²) in [5.74, 6) is 3.43. The van der Waals surface area contributed by atoms with E-state index in [-0.39, 0.29) is 11.5 Å². The van der Waals surface area contributed by atoms with E-state index in [1.165, 1.54) is 43.0 Å². The molecule has 176 valence electrons. The average Bonchev–Trinajstić information content (AvgIpc) is 3.20. The summed E-state index contributed by atoms with van der Waals surface area (Å²) in [5, 5.41) is 0. The molecule has 4 fully saturated rings. The summed E-state index contributed by atoms with van der Waals surface area (Å²) in [4.78, 5) is 2.65. The summed E-state index contributed by atoms with van der Waals surface area (Å²) in [7, 11) is 4.04. The molecule has 1 aliphatic heterocycles. The molecule has 0 N–H and O–H groups in total. The first-order valence-electron chi connectivity index (χ1n) is 12.6. The molecule has 8 atom stereocenters. The van der Waals surface area contributed by atoms with E-state index < -0.39 is 10.2 Å². The van der Waals surface area contributed by atoms with Crippen LogP contribution in [0.1, 0.15) is 65.2 Å². The van der Waals surface area contributed by atoms with Crippen LogP contribution in [-0.2, 0) is 10.2 Å². The summed E-state index contributed by atoms with van der Waals surface area (Å²) >= 11 is 0. The van der Waals surface area contributed by atoms with E-state index in [4.69, 9.17) is 0 Å². The van der Waals surface area contributed by atoms with Crippen LogP contribution < -0.4 is 0 Å². The van der Waals surface area contributed by atoms with Gasteiger partial charge in [0.05, 0.1) is 0 Å². The fourth-order valence-corrected chi connectivity index (χ4v) is 10.3. The predicted molar refractivity (Wildman–Crippen MR) is 126 cm³/mol. The van der Waals surface area contributed by atoms with Gasteiger partial charge in [-0.2, -0.15) is 17.0 Å². The third-order valence-corrected chi connectivity index (χ3v) is 13.0. The Morgan fingerprint density at radius 1 is 1.03 bits per heavy atom. The molecule has 3 saturated carbocycles. The van der Waals surface area contributed by atoms with Gasteiger partial charge in [0, 0.05) is 39.8 Å². The van der Waals surface area contributed by atoms with Crippen molar-refractivity contribution in [3.05, 3.63) is 11.6 Å². The maximum Gasteiger partial charge on any atom is 0.281 e. The lowest BCUT2D eigenvalue weighted by Gasteiger charge is -2.58. The second kappa shape index (κ2) is 7.28. The van der Waals surface area contributed by atoms with Crippen molar-refractivity contribution >= 4 is 10.2 Å². The Balaban J connectivity index is 1.39. The molecule has 5 aliphatic rings. The quantitative estimate of drug-likeness (QED) is 0.612. The average molecular weight is 450 g/mol. The highest BCUT2D eigenvalue weighted by Gasteiger charge is 2.64. The van der Waals surface area contributed by atoms with Gasteiger partial charge in [0.15, 0.2) is 0 Å². The fraction of sp³-hybridized carbons (Fsp3) is 0.920. The maximum absolute atomic E-state index is 12.7. The molecular formula is C25H43N3O2S. The number of hydrogen-bond donors (Lipinski definition) is 0. The van der Waals surface area contributed by atoms with Gasteiger partial charge in [0.1, 0.15) is 0 Å². The van der Waals surface area contributed by atoms with E-state index in [2.05, 4.69) is 31.9 Å². The Morgan fingerprint density at radius 2 is 1.74 bits per heavy atom. The van der Waals surface area contributed by atoms with Crippen molar-refractivity contribution in [1.29, 1.82) is 0 Å². The second-order valence-electron chi connectivity index (χ2n) is 12.1. The van der Waals surface area contributed by atoms with Gasteiger partial charge in [-0.3, -0.25) is 0 Å². The first kappa shape index (κ1) is 22.4. The number of fused-ring (bicyclic) bond motifs is 4. The van der Waals surface area contributed by atoms with Gasteiger partial charge in [-0.25, -0.2) is 0 Å². The van der Waals surface area contributed by atoms with Crippen LogP contribution in [0, 0.1) is 34.5 Å². The van der Waals surface area contributed by atoms with E-state index in [0.29, 0.717) is 5.41 Å². The van der Waals surface area contributed by atoms with Crippen LogP contribution in [0.3, 0.4) is 0 Å². The topological polar surface area (TPSA) is 43.9 Å². The monoisotopic (exact) mass is 449 g/mol. The third-order valence-electron chi connectivity index (χ3n) is 11.0. The molecular weight excluding hydrogens is 406 g/mol. The fourth-order valence-electron chi connectivity index (χ4n) is 9.20. The number of rotatable bonds is 3. The predicted octanol–water partition coefficient (Wildman–Crippen LogP) is 3.99. The minimum absolute atomic E-state index is 0.0957. The molecule has 5 nitrogen and oxygen atoms in total. The first-order valence-corrected chi connectivity index (χ1v) is 14.0. The highest BCUT2D eigenvalue weighted by Crippen LogP contribution is 2.68. The molecule has 1 heterocycles. The summed E-state index contributed by atoms with van der Waals surface area (Å²) in [6.07, 6.45) is 12.5. The third kappa shape index (κ3) is 3.00. The van der Waals surface area contributed by atoms with Crippen LogP contribution in [0.15, 0.2) is 11.6 Å². The molecule has 31 heavy (non-hydrogen) atoms. The van der Waals surface area contributed by atoms with Crippen molar-refractivity contribution in [2.24, 2.45) is 34.5 Å². The normalized spacial score (nSPS) is 47.7. The second-order valence-corrected chi connectivity index (χ2v) is 14.3. The lowest BCUT2D eigenvalue weighted by molar-refractivity contribution is -0.0419. The van der Waals surface area contributed by atoms with Crippen molar-refractivity contribution in [3.8, 4) is 0 Å². The van der Waals surface area contributed by atoms with Gasteiger partial charge in [-0.05, 0) is 99.8 Å². The lowest BCUT2D eigenvalue weighted by atomic mass is 9.47. The molecule has 5 rings (SSSR count). The molecule has 1 saturated heterocycles. The Labute approximate surface area is 190 Å². The summed E-state index contributed by atoms with van der Waals surface area (Å²) in [6, 6.07) is 0.842. The molecule has 0 aromatic carbocycles. The SMILES string of the molecule is C[C@H]1[C@H]2CC[C@H]3[C@@H]4CC=C5C[C@@H](N(C)S(=O)(=O)N(C)C)CC[C@]5(C)C4CC[C@]23CN1C. The van der Waals surface area contributed by atoms with Gasteiger partial charge in [0.2, 0.25) is 0 Å². The van der Waals surface area contributed by atoms with E-state index in [1.807, 2.05) is 0 Å². The van der Waals surface area contributed by atoms with Gasteiger partial charge in [0.25, 0.3) is 10.2 Å². The number of likely N-dealkylation sites (tertiary alicyclic amines) is 1. The van der Waals surface area contributed by atoms with Crippen LogP contribution in [0.2, 0.25) is 0 Å². The highest BCUT2D eigenvalue weighted by atomic mass is 32.2. The molecule has 0 amide bonds. The van der Waals surface area contributed by atoms with Crippen molar-refractivity contribution in [1.82, 2.24) is 13.5 Å². The molecule has 0 aromatic rings. The van der Waals surface area contributed by atoms with Gasteiger partial charge >= 0.3 is 0 Å². The Morgan fingerprint density at radius 3 is 2.45 bits per heavy atom. The molecule has 0 aromatic heterocycles. The van der Waals surface area contributed by atoms with E-state index in [1.54, 1.807) is 31.0 Å². The van der Waals surface area contributed by atoms with Crippen molar-refractivity contribution in [2.75, 3.05) is 34.7 Å². The van der Waals surface area contributed by atoms with Crippen LogP contribution in [0.4, 0.5) is 0 Å². The smallest absolute Gasteiger partial charge is 0.281 e. The Bertz CT molecular complexity index is 870. The number of allylic oxidation sites excluding steroid dienone is 1. The standard InChI is InChI=1S/C25H43N3O2S/c1-17-21-9-10-23-20-8-7-18-15-19(28(6)31(29,30)26(3)4)11-13-24(18,2)22(20)12-14-25(21,23)16-27(17)5/h7,17,19-23H,8-16H2,1-6H3/t17-,19-,20+,21+,22?,23-,24-,25-/m0/s1. The van der Waals surface area contributed by atoms with Crippen LogP contribution in [0.5, 0.6) is 0 Å². The molecule has 1 unspecified atom stereocenters. The number of nitrogens with zero attached hydrogens (tertiary/aromatic N) is 3. The minimum Gasteiger partial charge on any atom is -0.303 e. The van der Waals surface area contributed by atoms with E-state index >= 15 is 0 Å². The van der Waals surface area contributed by atoms with Crippen LogP contribution in [0.25, 0.3) is 0 Å². The van der Waals surface area contributed by atoms with Crippen molar-refractivity contribution in [2.45, 2.75) is 77.3 Å². The largest absolute Gasteiger partial charge is 0.303 e. The molecule has 0 bridgehead atoms. The zero-order valence-electron chi connectivity index (χ0n) is 20.5. The van der Waals surface area contributed by atoms with E-state index in [9.17, 15) is 8.42 Å². The van der Waals surface area contributed by atoms with Gasteiger partial charge < -0.3 is 4.90 Å². The molecule has 1 spiro atoms. The summed E-state index contributed by atoms with van der Waals surface area (Å²) in [6.45, 7) is 6.31. The maximum atomic E-state index is 12.7. The molecule has 4 aliphatic carbocycles. The van der Waals surface area contributed by atoms with Gasteiger partial charge in [-0.15, -0.1) is 0 Å². The van der Waals surface area contributed by atoms with Crippen molar-refractivity contribution < 1.29 is 8.42 Å². The lowest BCUT2D eigenvalue weighted by Crippen LogP contribution is -2.53. The Hall–Kier alpha value is -0.430. The van der Waals surface area contributed by atoms with E-state index in [0.717, 1.165) is 49.0 Å². The van der Waals surface area contributed by atoms with Gasteiger partial charge in [-0.1, -0.05) is 18.6 Å². The Kier molecular flexibility index (Phi) is 5.25. The number of hydrogen-bond acceptors (Lipinski definition) is 3. The molecule has 0 radical (unpaired) electrons. The molecule has 6 heteroatoms. The highest BCUT2D eigenvalue weighted by molar-refractivity contribution is 7.86. The van der Waals surface area contributed by atoms with Crippen molar-refractivity contribution in [3.63, 3.8) is 0 Å². The summed E-state index contributed by atoms with van der Waals surface area (Å²) in [5.41, 5.74) is 2.42.